The molecule has 0 aliphatic carbocycles. The summed E-state index contributed by atoms with van der Waals surface area (Å²) in [6.07, 6.45) is 6.81. The predicted octanol–water partition coefficient (Wildman–Crippen LogP) is 2.64. The zero-order chi connectivity index (χ0) is 11.1. The Bertz CT molecular complexity index is 151. The Kier molecular flexibility index (Phi) is 6.26. The Morgan fingerprint density at radius 3 is 2.67 bits per heavy atom. The van der Waals surface area contributed by atoms with Gasteiger partial charge >= 0.3 is 0 Å². The summed E-state index contributed by atoms with van der Waals surface area (Å²) >= 11 is 0. The Labute approximate surface area is 95.4 Å². The van der Waals surface area contributed by atoms with Crippen molar-refractivity contribution in [3.05, 3.63) is 0 Å². The zero-order valence-electron chi connectivity index (χ0n) is 10.8. The number of unbranched alkanes of at least 4 members (excludes halogenated alkanes) is 2. The van der Waals surface area contributed by atoms with Crippen LogP contribution in [0.5, 0.6) is 0 Å². The van der Waals surface area contributed by atoms with Crippen LogP contribution in [-0.2, 0) is 0 Å². The van der Waals surface area contributed by atoms with Crippen LogP contribution in [0.4, 0.5) is 0 Å². The van der Waals surface area contributed by atoms with Crippen LogP contribution in [-0.4, -0.2) is 36.6 Å². The van der Waals surface area contributed by atoms with E-state index in [1.807, 2.05) is 0 Å². The van der Waals surface area contributed by atoms with Gasteiger partial charge in [0.15, 0.2) is 0 Å². The number of nitrogens with zero attached hydrogens (tertiary/aromatic N) is 1. The maximum Gasteiger partial charge on any atom is 0.0223 e. The molecule has 2 heteroatoms. The van der Waals surface area contributed by atoms with Gasteiger partial charge in [0.25, 0.3) is 0 Å². The Morgan fingerprint density at radius 1 is 1.33 bits per heavy atom. The lowest BCUT2D eigenvalue weighted by Gasteiger charge is -2.37. The van der Waals surface area contributed by atoms with E-state index >= 15 is 0 Å². The highest BCUT2D eigenvalue weighted by Gasteiger charge is 2.22. The first kappa shape index (κ1) is 13.0. The minimum absolute atomic E-state index is 0.701. The first-order chi connectivity index (χ1) is 7.25. The van der Waals surface area contributed by atoms with Gasteiger partial charge in [-0.15, -0.1) is 0 Å². The molecule has 1 rings (SSSR count). The minimum Gasteiger partial charge on any atom is -0.315 e. The van der Waals surface area contributed by atoms with E-state index < -0.39 is 0 Å². The van der Waals surface area contributed by atoms with E-state index in [4.69, 9.17) is 0 Å². The van der Waals surface area contributed by atoms with Crippen LogP contribution in [0.3, 0.4) is 0 Å². The molecule has 1 fully saturated rings. The second-order valence-corrected chi connectivity index (χ2v) is 5.04. The van der Waals surface area contributed by atoms with E-state index in [1.54, 1.807) is 0 Å². The lowest BCUT2D eigenvalue weighted by atomic mass is 10.0. The van der Waals surface area contributed by atoms with Crippen molar-refractivity contribution in [1.82, 2.24) is 10.2 Å². The van der Waals surface area contributed by atoms with Crippen molar-refractivity contribution in [2.75, 3.05) is 19.6 Å². The van der Waals surface area contributed by atoms with Crippen LogP contribution in [0, 0.1) is 0 Å². The fourth-order valence-corrected chi connectivity index (χ4v) is 2.52. The molecule has 0 bridgehead atoms. The van der Waals surface area contributed by atoms with E-state index in [2.05, 4.69) is 31.0 Å². The van der Waals surface area contributed by atoms with Gasteiger partial charge in [-0.2, -0.15) is 0 Å². The lowest BCUT2D eigenvalue weighted by Crippen LogP contribution is -2.49. The van der Waals surface area contributed by atoms with Crippen molar-refractivity contribution < 1.29 is 0 Å². The third-order valence-corrected chi connectivity index (χ3v) is 3.42. The Balaban J connectivity index is 2.34. The molecule has 0 aromatic heterocycles. The molecular weight excluding hydrogens is 184 g/mol. The van der Waals surface area contributed by atoms with Gasteiger partial charge in [0.1, 0.15) is 0 Å². The summed E-state index contributed by atoms with van der Waals surface area (Å²) in [5, 5.41) is 3.52. The topological polar surface area (TPSA) is 15.3 Å². The van der Waals surface area contributed by atoms with Crippen molar-refractivity contribution in [3.8, 4) is 0 Å². The van der Waals surface area contributed by atoms with Crippen molar-refractivity contribution in [2.24, 2.45) is 0 Å². The molecule has 1 unspecified atom stereocenters. The molecule has 1 heterocycles. The lowest BCUT2D eigenvalue weighted by molar-refractivity contribution is 0.126. The van der Waals surface area contributed by atoms with Crippen molar-refractivity contribution in [3.63, 3.8) is 0 Å². The average Bonchev–Trinajstić information content (AvgIpc) is 2.25. The van der Waals surface area contributed by atoms with Crippen molar-refractivity contribution in [1.29, 1.82) is 0 Å². The van der Waals surface area contributed by atoms with Crippen molar-refractivity contribution in [2.45, 2.75) is 65.0 Å². The van der Waals surface area contributed by atoms with Gasteiger partial charge in [0.2, 0.25) is 0 Å². The van der Waals surface area contributed by atoms with Gasteiger partial charge in [0.05, 0.1) is 0 Å². The van der Waals surface area contributed by atoms with E-state index in [0.717, 1.165) is 6.04 Å². The maximum atomic E-state index is 3.52. The van der Waals surface area contributed by atoms with Gasteiger partial charge in [0, 0.05) is 18.6 Å². The fourth-order valence-electron chi connectivity index (χ4n) is 2.52. The molecule has 0 aromatic rings. The number of hydrogen-bond donors (Lipinski definition) is 1. The normalized spacial score (nSPS) is 22.6. The number of hydrogen-bond acceptors (Lipinski definition) is 2. The summed E-state index contributed by atoms with van der Waals surface area (Å²) < 4.78 is 0. The molecular formula is C13H28N2. The smallest absolute Gasteiger partial charge is 0.0223 e. The summed E-state index contributed by atoms with van der Waals surface area (Å²) in [6.45, 7) is 10.7. The first-order valence-electron chi connectivity index (χ1n) is 6.72. The highest BCUT2D eigenvalue weighted by atomic mass is 15.2. The molecule has 15 heavy (non-hydrogen) atoms. The number of rotatable bonds is 6. The highest BCUT2D eigenvalue weighted by Crippen LogP contribution is 2.14. The summed E-state index contributed by atoms with van der Waals surface area (Å²) in [4.78, 5) is 2.70. The standard InChI is InChI=1S/C13H28N2/c1-4-5-6-10-15(12(2)3)13-8-7-9-14-11-13/h12-14H,4-11H2,1-3H3. The predicted molar refractivity (Wildman–Crippen MR) is 67.3 cm³/mol. The first-order valence-corrected chi connectivity index (χ1v) is 6.72. The second kappa shape index (κ2) is 7.24. The van der Waals surface area contributed by atoms with E-state index in [-0.39, 0.29) is 0 Å². The molecule has 0 amide bonds. The second-order valence-electron chi connectivity index (χ2n) is 5.04. The van der Waals surface area contributed by atoms with E-state index in [0.29, 0.717) is 6.04 Å². The van der Waals surface area contributed by atoms with Crippen LogP contribution in [0.1, 0.15) is 52.9 Å². The summed E-state index contributed by atoms with van der Waals surface area (Å²) in [5.41, 5.74) is 0. The van der Waals surface area contributed by atoms with Crippen LogP contribution >= 0.6 is 0 Å². The Hall–Kier alpha value is -0.0800. The van der Waals surface area contributed by atoms with Gasteiger partial charge in [-0.25, -0.2) is 0 Å². The molecule has 1 atom stereocenters. The molecule has 0 aromatic carbocycles. The molecule has 0 spiro atoms. The monoisotopic (exact) mass is 212 g/mol. The van der Waals surface area contributed by atoms with Crippen LogP contribution in [0.25, 0.3) is 0 Å². The minimum atomic E-state index is 0.701. The van der Waals surface area contributed by atoms with Gasteiger partial charge in [-0.3, -0.25) is 4.90 Å². The number of piperidine rings is 1. The molecule has 90 valence electrons. The molecule has 2 nitrogen and oxygen atoms in total. The van der Waals surface area contributed by atoms with Gasteiger partial charge in [-0.05, 0) is 46.2 Å². The highest BCUT2D eigenvalue weighted by molar-refractivity contribution is 4.80. The third kappa shape index (κ3) is 4.52. The quantitative estimate of drug-likeness (QED) is 0.681. The summed E-state index contributed by atoms with van der Waals surface area (Å²) in [5.74, 6) is 0. The van der Waals surface area contributed by atoms with Crippen molar-refractivity contribution >= 4 is 0 Å². The molecule has 0 radical (unpaired) electrons. The molecule has 1 aliphatic rings. The van der Waals surface area contributed by atoms with Gasteiger partial charge < -0.3 is 5.32 Å². The van der Waals surface area contributed by atoms with E-state index in [1.165, 1.54) is 51.7 Å². The average molecular weight is 212 g/mol. The zero-order valence-corrected chi connectivity index (χ0v) is 10.8. The van der Waals surface area contributed by atoms with E-state index in [9.17, 15) is 0 Å². The molecule has 1 aliphatic heterocycles. The fraction of sp³-hybridized carbons (Fsp3) is 1.00. The van der Waals surface area contributed by atoms with Crippen LogP contribution in [0.15, 0.2) is 0 Å². The number of nitrogens with one attached hydrogen (secondary N) is 1. The largest absolute Gasteiger partial charge is 0.315 e. The molecule has 1 saturated heterocycles. The summed E-state index contributed by atoms with van der Waals surface area (Å²) in [6, 6.07) is 1.49. The van der Waals surface area contributed by atoms with Crippen LogP contribution < -0.4 is 5.32 Å². The maximum absolute atomic E-state index is 3.52. The SMILES string of the molecule is CCCCCN(C(C)C)C1CCCNC1. The third-order valence-electron chi connectivity index (χ3n) is 3.42. The molecule has 0 saturated carbocycles. The molecule has 1 N–H and O–H groups in total. The van der Waals surface area contributed by atoms with Gasteiger partial charge in [-0.1, -0.05) is 19.8 Å². The van der Waals surface area contributed by atoms with Crippen LogP contribution in [0.2, 0.25) is 0 Å². The summed E-state index contributed by atoms with van der Waals surface area (Å²) in [7, 11) is 0. The Morgan fingerprint density at radius 2 is 2.13 bits per heavy atom.